The van der Waals surface area contributed by atoms with Crippen molar-refractivity contribution in [2.24, 2.45) is 0 Å². The van der Waals surface area contributed by atoms with Gasteiger partial charge in [0.1, 0.15) is 29.4 Å². The first-order valence-corrected chi connectivity index (χ1v) is 7.78. The Hall–Kier alpha value is -3.42. The molecule has 0 aliphatic heterocycles. The summed E-state index contributed by atoms with van der Waals surface area (Å²) >= 11 is 0. The maximum Gasteiger partial charge on any atom is 0.341 e. The zero-order valence-electron chi connectivity index (χ0n) is 14.5. The van der Waals surface area contributed by atoms with Crippen molar-refractivity contribution < 1.29 is 23.9 Å². The normalized spacial score (nSPS) is 10.6. The summed E-state index contributed by atoms with van der Waals surface area (Å²) in [6, 6.07) is 5.23. The van der Waals surface area contributed by atoms with E-state index >= 15 is 0 Å². The molecular formula is C18H17N3O5. The van der Waals surface area contributed by atoms with E-state index in [1.807, 2.05) is 19.1 Å². The van der Waals surface area contributed by atoms with Gasteiger partial charge in [-0.3, -0.25) is 4.98 Å². The van der Waals surface area contributed by atoms with Gasteiger partial charge >= 0.3 is 5.97 Å². The van der Waals surface area contributed by atoms with Crippen LogP contribution in [0.25, 0.3) is 11.3 Å². The number of aromatic nitrogens is 3. The topological polar surface area (TPSA) is 108 Å². The molecule has 0 unspecified atom stereocenters. The fraction of sp³-hybridized carbons (Fsp3) is 0.222. The second kappa shape index (κ2) is 7.22. The molecule has 3 heterocycles. The van der Waals surface area contributed by atoms with Crippen molar-refractivity contribution in [3.05, 3.63) is 53.2 Å². The van der Waals surface area contributed by atoms with Gasteiger partial charge in [-0.15, -0.1) is 0 Å². The van der Waals surface area contributed by atoms with Gasteiger partial charge in [0.05, 0.1) is 12.7 Å². The smallest absolute Gasteiger partial charge is 0.341 e. The van der Waals surface area contributed by atoms with E-state index < -0.39 is 5.97 Å². The van der Waals surface area contributed by atoms with Gasteiger partial charge in [-0.25, -0.2) is 9.78 Å². The molecule has 26 heavy (non-hydrogen) atoms. The van der Waals surface area contributed by atoms with Crippen molar-refractivity contribution >= 4 is 5.97 Å². The van der Waals surface area contributed by atoms with Crippen LogP contribution < -0.4 is 9.47 Å². The van der Waals surface area contributed by atoms with Crippen LogP contribution in [0.5, 0.6) is 11.6 Å². The van der Waals surface area contributed by atoms with Crippen LogP contribution in [0.4, 0.5) is 0 Å². The fourth-order valence-corrected chi connectivity index (χ4v) is 2.37. The highest BCUT2D eigenvalue weighted by atomic mass is 16.5. The van der Waals surface area contributed by atoms with Crippen molar-refractivity contribution in [1.29, 1.82) is 0 Å². The molecule has 3 aromatic rings. The Morgan fingerprint density at radius 3 is 2.69 bits per heavy atom. The van der Waals surface area contributed by atoms with Gasteiger partial charge in [0.15, 0.2) is 0 Å². The van der Waals surface area contributed by atoms with Crippen molar-refractivity contribution in [1.82, 2.24) is 15.1 Å². The number of hydrogen-bond acceptors (Lipinski definition) is 7. The number of aryl methyl sites for hydroxylation is 2. The van der Waals surface area contributed by atoms with Crippen LogP contribution in [0.2, 0.25) is 0 Å². The van der Waals surface area contributed by atoms with Crippen molar-refractivity contribution in [2.45, 2.75) is 20.5 Å². The van der Waals surface area contributed by atoms with Crippen LogP contribution in [0.1, 0.15) is 27.4 Å². The lowest BCUT2D eigenvalue weighted by Crippen LogP contribution is -2.04. The average Bonchev–Trinajstić information content (AvgIpc) is 3.00. The molecule has 0 aromatic carbocycles. The number of carbonyl (C=O) groups is 1. The molecule has 0 fully saturated rings. The Morgan fingerprint density at radius 2 is 2.04 bits per heavy atom. The number of pyridine rings is 2. The minimum Gasteiger partial charge on any atom is -0.496 e. The zero-order valence-corrected chi connectivity index (χ0v) is 14.5. The van der Waals surface area contributed by atoms with Crippen molar-refractivity contribution in [3.63, 3.8) is 0 Å². The molecule has 3 aromatic heterocycles. The minimum absolute atomic E-state index is 0.0348. The van der Waals surface area contributed by atoms with E-state index in [4.69, 9.17) is 19.1 Å². The summed E-state index contributed by atoms with van der Waals surface area (Å²) in [7, 11) is 1.39. The number of methoxy groups -OCH3 is 1. The second-order valence-electron chi connectivity index (χ2n) is 5.57. The molecule has 8 heteroatoms. The lowest BCUT2D eigenvalue weighted by atomic mass is 10.1. The van der Waals surface area contributed by atoms with Crippen LogP contribution in [-0.2, 0) is 6.61 Å². The Morgan fingerprint density at radius 1 is 1.23 bits per heavy atom. The number of rotatable bonds is 6. The summed E-state index contributed by atoms with van der Waals surface area (Å²) in [6.45, 7) is 3.85. The molecule has 0 aliphatic rings. The van der Waals surface area contributed by atoms with Crippen LogP contribution in [0.15, 0.2) is 35.1 Å². The van der Waals surface area contributed by atoms with E-state index in [9.17, 15) is 4.79 Å². The van der Waals surface area contributed by atoms with Crippen LogP contribution in [-0.4, -0.2) is 33.3 Å². The van der Waals surface area contributed by atoms with Crippen LogP contribution in [0.3, 0.4) is 0 Å². The van der Waals surface area contributed by atoms with E-state index in [0.717, 1.165) is 16.8 Å². The van der Waals surface area contributed by atoms with Gasteiger partial charge in [0.2, 0.25) is 5.88 Å². The van der Waals surface area contributed by atoms with Gasteiger partial charge in [-0.1, -0.05) is 5.16 Å². The first-order chi connectivity index (χ1) is 12.5. The summed E-state index contributed by atoms with van der Waals surface area (Å²) in [5.74, 6) is -0.0902. The zero-order chi connectivity index (χ0) is 18.7. The van der Waals surface area contributed by atoms with E-state index in [1.165, 1.54) is 19.4 Å². The molecule has 1 N–H and O–H groups in total. The molecule has 8 nitrogen and oxygen atoms in total. The van der Waals surface area contributed by atoms with E-state index in [2.05, 4.69) is 15.1 Å². The molecule has 0 bridgehead atoms. The molecule has 0 atom stereocenters. The van der Waals surface area contributed by atoms with Gasteiger partial charge in [0, 0.05) is 29.7 Å². The number of ether oxygens (including phenoxy) is 2. The highest BCUT2D eigenvalue weighted by Crippen LogP contribution is 2.27. The second-order valence-corrected chi connectivity index (χ2v) is 5.57. The average molecular weight is 355 g/mol. The Kier molecular flexibility index (Phi) is 4.83. The number of carboxylic acids is 1. The molecule has 0 amide bonds. The van der Waals surface area contributed by atoms with Gasteiger partial charge in [-0.2, -0.15) is 0 Å². The first-order valence-electron chi connectivity index (χ1n) is 7.78. The third-order valence-electron chi connectivity index (χ3n) is 3.83. The largest absolute Gasteiger partial charge is 0.496 e. The fourth-order valence-electron chi connectivity index (χ4n) is 2.37. The Labute approximate surface area is 149 Å². The lowest BCUT2D eigenvalue weighted by molar-refractivity contribution is 0.0692. The number of aromatic carboxylic acids is 1. The Balaban J connectivity index is 1.83. The molecule has 0 spiro atoms. The number of hydrogen-bond donors (Lipinski definition) is 1. The number of carboxylic acid groups (broad SMARTS) is 1. The van der Waals surface area contributed by atoms with Gasteiger partial charge in [0.25, 0.3) is 0 Å². The summed E-state index contributed by atoms with van der Waals surface area (Å²) in [4.78, 5) is 19.4. The highest BCUT2D eigenvalue weighted by Gasteiger charge is 2.17. The molecule has 3 rings (SSSR count). The quantitative estimate of drug-likeness (QED) is 0.719. The minimum atomic E-state index is -1.12. The standard InChI is InChI=1S/C18H17N3O5/c1-10-4-5-12(7-19-10)17-14(11(2)26-21-17)9-25-16-6-15(24-3)13(8-20-16)18(22)23/h4-8H,9H2,1-3H3,(H,22,23). The molecular weight excluding hydrogens is 338 g/mol. The summed E-state index contributed by atoms with van der Waals surface area (Å²) in [6.07, 6.45) is 2.92. The SMILES string of the molecule is COc1cc(OCc2c(-c3ccc(C)nc3)noc2C)ncc1C(=O)O. The molecule has 134 valence electrons. The highest BCUT2D eigenvalue weighted by molar-refractivity contribution is 5.90. The van der Waals surface area contributed by atoms with Crippen LogP contribution >= 0.6 is 0 Å². The molecule has 0 saturated carbocycles. The monoisotopic (exact) mass is 355 g/mol. The maximum absolute atomic E-state index is 11.1. The predicted molar refractivity (Wildman–Crippen MR) is 91.3 cm³/mol. The summed E-state index contributed by atoms with van der Waals surface area (Å²) < 4.78 is 16.0. The molecule has 0 saturated heterocycles. The molecule has 0 radical (unpaired) electrons. The number of nitrogens with zero attached hydrogens (tertiary/aromatic N) is 3. The summed E-state index contributed by atoms with van der Waals surface area (Å²) in [5, 5.41) is 13.2. The van der Waals surface area contributed by atoms with E-state index in [0.29, 0.717) is 11.5 Å². The van der Waals surface area contributed by atoms with E-state index in [1.54, 1.807) is 13.1 Å². The third-order valence-corrected chi connectivity index (χ3v) is 3.83. The first kappa shape index (κ1) is 17.4. The van der Waals surface area contributed by atoms with Gasteiger partial charge in [-0.05, 0) is 26.0 Å². The van der Waals surface area contributed by atoms with E-state index in [-0.39, 0.29) is 23.8 Å². The van der Waals surface area contributed by atoms with Crippen molar-refractivity contribution in [3.8, 4) is 22.9 Å². The summed E-state index contributed by atoms with van der Waals surface area (Å²) in [5.41, 5.74) is 3.09. The Bertz CT molecular complexity index is 934. The predicted octanol–water partition coefficient (Wildman–Crippen LogP) is 3.03. The third kappa shape index (κ3) is 3.49. The lowest BCUT2D eigenvalue weighted by Gasteiger charge is -2.09. The van der Waals surface area contributed by atoms with Crippen molar-refractivity contribution in [2.75, 3.05) is 7.11 Å². The molecule has 0 aliphatic carbocycles. The maximum atomic E-state index is 11.1. The van der Waals surface area contributed by atoms with Crippen LogP contribution in [0, 0.1) is 13.8 Å². The van der Waals surface area contributed by atoms with Gasteiger partial charge < -0.3 is 19.1 Å².